The van der Waals surface area contributed by atoms with Crippen LogP contribution in [-0.4, -0.2) is 51.1 Å². The van der Waals surface area contributed by atoms with Gasteiger partial charge in [-0.1, -0.05) is 0 Å². The molecule has 0 aliphatic carbocycles. The predicted octanol–water partition coefficient (Wildman–Crippen LogP) is 1.38. The molecule has 2 N–H and O–H groups in total. The topological polar surface area (TPSA) is 86.7 Å². The molecular weight excluding hydrogens is 348 g/mol. The van der Waals surface area contributed by atoms with Gasteiger partial charge >= 0.3 is 5.97 Å². The third-order valence-corrected chi connectivity index (χ3v) is 5.03. The third kappa shape index (κ3) is 4.55. The van der Waals surface area contributed by atoms with Crippen LogP contribution in [0.15, 0.2) is 27.6 Å². The Kier molecular flexibility index (Phi) is 5.69. The molecule has 0 heterocycles. The lowest BCUT2D eigenvalue weighted by molar-refractivity contribution is 0.0696. The van der Waals surface area contributed by atoms with Crippen LogP contribution in [0, 0.1) is 0 Å². The first-order valence-corrected chi connectivity index (χ1v) is 8.11. The monoisotopic (exact) mass is 364 g/mol. The summed E-state index contributed by atoms with van der Waals surface area (Å²) in [4.78, 5) is 12.7. The number of likely N-dealkylation sites (N-methyl/N-ethyl adjacent to an activating group) is 1. The quantitative estimate of drug-likeness (QED) is 0.795. The Labute approximate surface area is 127 Å². The molecule has 1 aromatic rings. The van der Waals surface area contributed by atoms with Crippen molar-refractivity contribution in [3.63, 3.8) is 0 Å². The highest BCUT2D eigenvalue weighted by Gasteiger charge is 2.21. The maximum Gasteiger partial charge on any atom is 0.335 e. The number of hydrogen-bond donors (Lipinski definition) is 2. The molecule has 8 heteroatoms. The van der Waals surface area contributed by atoms with E-state index in [1.54, 1.807) is 6.92 Å². The lowest BCUT2D eigenvalue weighted by atomic mass is 10.2. The molecule has 1 rings (SSSR count). The van der Waals surface area contributed by atoms with Crippen LogP contribution in [0.4, 0.5) is 0 Å². The maximum atomic E-state index is 12.2. The molecule has 0 radical (unpaired) electrons. The average Bonchev–Trinajstić information content (AvgIpc) is 2.25. The largest absolute Gasteiger partial charge is 0.478 e. The summed E-state index contributed by atoms with van der Waals surface area (Å²) in [6, 6.07) is 3.55. The van der Waals surface area contributed by atoms with Gasteiger partial charge in [-0.3, -0.25) is 0 Å². The minimum atomic E-state index is -3.69. The smallest absolute Gasteiger partial charge is 0.335 e. The number of aromatic carboxylic acids is 1. The SMILES string of the molecule is CC(CN(C)C)NS(=O)(=O)c1ccc(C(=O)O)cc1Br. The van der Waals surface area contributed by atoms with E-state index in [2.05, 4.69) is 20.7 Å². The van der Waals surface area contributed by atoms with Crippen LogP contribution in [0.1, 0.15) is 17.3 Å². The molecule has 0 saturated carbocycles. The number of nitrogens with one attached hydrogen (secondary N) is 1. The van der Waals surface area contributed by atoms with Gasteiger partial charge < -0.3 is 10.0 Å². The van der Waals surface area contributed by atoms with E-state index in [1.807, 2.05) is 19.0 Å². The Morgan fingerprint density at radius 3 is 2.50 bits per heavy atom. The Balaban J connectivity index is 3.01. The molecule has 0 bridgehead atoms. The van der Waals surface area contributed by atoms with Crippen molar-refractivity contribution in [2.75, 3.05) is 20.6 Å². The van der Waals surface area contributed by atoms with Gasteiger partial charge in [0.15, 0.2) is 0 Å². The van der Waals surface area contributed by atoms with Gasteiger partial charge in [0, 0.05) is 17.1 Å². The molecule has 1 unspecified atom stereocenters. The van der Waals surface area contributed by atoms with Crippen molar-refractivity contribution in [3.05, 3.63) is 28.2 Å². The number of nitrogens with zero attached hydrogens (tertiary/aromatic N) is 1. The summed E-state index contributed by atoms with van der Waals surface area (Å²) in [7, 11) is 0.00440. The van der Waals surface area contributed by atoms with Crippen LogP contribution >= 0.6 is 15.9 Å². The van der Waals surface area contributed by atoms with Crippen molar-refractivity contribution in [1.82, 2.24) is 9.62 Å². The molecule has 0 amide bonds. The van der Waals surface area contributed by atoms with Crippen LogP contribution in [-0.2, 0) is 10.0 Å². The van der Waals surface area contributed by atoms with Gasteiger partial charge in [0.05, 0.1) is 10.5 Å². The number of sulfonamides is 1. The van der Waals surface area contributed by atoms with Gasteiger partial charge in [-0.15, -0.1) is 0 Å². The summed E-state index contributed by atoms with van der Waals surface area (Å²) >= 11 is 3.10. The first-order valence-electron chi connectivity index (χ1n) is 5.83. The zero-order valence-corrected chi connectivity index (χ0v) is 13.8. The predicted molar refractivity (Wildman–Crippen MR) is 79.4 cm³/mol. The van der Waals surface area contributed by atoms with Crippen molar-refractivity contribution < 1.29 is 18.3 Å². The lowest BCUT2D eigenvalue weighted by Crippen LogP contribution is -2.39. The molecule has 20 heavy (non-hydrogen) atoms. The van der Waals surface area contributed by atoms with E-state index in [0.29, 0.717) is 6.54 Å². The number of halogens is 1. The minimum absolute atomic E-state index is 0.0214. The summed E-state index contributed by atoms with van der Waals surface area (Å²) in [6.45, 7) is 2.32. The molecule has 0 spiro atoms. The van der Waals surface area contributed by atoms with Crippen molar-refractivity contribution in [1.29, 1.82) is 0 Å². The van der Waals surface area contributed by atoms with Gasteiger partial charge in [0.25, 0.3) is 0 Å². The van der Waals surface area contributed by atoms with E-state index in [4.69, 9.17) is 5.11 Å². The highest BCUT2D eigenvalue weighted by Crippen LogP contribution is 2.23. The van der Waals surface area contributed by atoms with E-state index < -0.39 is 16.0 Å². The first-order chi connectivity index (χ1) is 9.13. The number of hydrogen-bond acceptors (Lipinski definition) is 4. The van der Waals surface area contributed by atoms with Crippen LogP contribution in [0.5, 0.6) is 0 Å². The van der Waals surface area contributed by atoms with Gasteiger partial charge in [0.2, 0.25) is 10.0 Å². The van der Waals surface area contributed by atoms with Crippen molar-refractivity contribution in [2.45, 2.75) is 17.9 Å². The molecule has 0 aliphatic heterocycles. The molecular formula is C12H17BrN2O4S. The van der Waals surface area contributed by atoms with Gasteiger partial charge in [-0.05, 0) is 55.1 Å². The zero-order chi connectivity index (χ0) is 15.5. The number of carbonyl (C=O) groups is 1. The van der Waals surface area contributed by atoms with E-state index in [0.717, 1.165) is 0 Å². The average molecular weight is 365 g/mol. The second-order valence-corrected chi connectivity index (χ2v) is 7.27. The fourth-order valence-corrected chi connectivity index (χ4v) is 4.08. The number of carboxylic acids is 1. The summed E-state index contributed by atoms with van der Waals surface area (Å²) in [6.07, 6.45) is 0. The Morgan fingerprint density at radius 2 is 2.05 bits per heavy atom. The van der Waals surface area contributed by atoms with Gasteiger partial charge in [0.1, 0.15) is 0 Å². The molecule has 1 aromatic carbocycles. The van der Waals surface area contributed by atoms with Gasteiger partial charge in [-0.2, -0.15) is 0 Å². The number of rotatable bonds is 6. The molecule has 0 fully saturated rings. The second-order valence-electron chi connectivity index (χ2n) is 4.73. The molecule has 1 atom stereocenters. The lowest BCUT2D eigenvalue weighted by Gasteiger charge is -2.18. The standard InChI is InChI=1S/C12H17BrN2O4S/c1-8(7-15(2)3)14-20(18,19)11-5-4-9(12(16)17)6-10(11)13/h4-6,8,14H,7H2,1-3H3,(H,16,17). The molecule has 0 saturated heterocycles. The van der Waals surface area contributed by atoms with E-state index in [1.165, 1.54) is 18.2 Å². The second kappa shape index (κ2) is 6.66. The fourth-order valence-electron chi connectivity index (χ4n) is 1.77. The van der Waals surface area contributed by atoms with E-state index >= 15 is 0 Å². The van der Waals surface area contributed by atoms with Crippen molar-refractivity contribution in [2.24, 2.45) is 0 Å². The first kappa shape index (κ1) is 17.1. The van der Waals surface area contributed by atoms with Crippen LogP contribution in [0.3, 0.4) is 0 Å². The van der Waals surface area contributed by atoms with Crippen LogP contribution in [0.25, 0.3) is 0 Å². The van der Waals surface area contributed by atoms with Crippen molar-refractivity contribution in [3.8, 4) is 0 Å². The fraction of sp³-hybridized carbons (Fsp3) is 0.417. The summed E-state index contributed by atoms with van der Waals surface area (Å²) in [5.74, 6) is -1.11. The number of carboxylic acid groups (broad SMARTS) is 1. The summed E-state index contributed by atoms with van der Waals surface area (Å²) in [5.41, 5.74) is 0.0252. The van der Waals surface area contributed by atoms with Crippen LogP contribution < -0.4 is 4.72 Å². The third-order valence-electron chi connectivity index (χ3n) is 2.46. The molecule has 6 nitrogen and oxygen atoms in total. The van der Waals surface area contributed by atoms with Gasteiger partial charge in [-0.25, -0.2) is 17.9 Å². The van der Waals surface area contributed by atoms with Crippen LogP contribution in [0.2, 0.25) is 0 Å². The number of benzene rings is 1. The summed E-state index contributed by atoms with van der Waals surface area (Å²) < 4.78 is 27.2. The van der Waals surface area contributed by atoms with E-state index in [-0.39, 0.29) is 21.0 Å². The maximum absolute atomic E-state index is 12.2. The highest BCUT2D eigenvalue weighted by molar-refractivity contribution is 9.10. The summed E-state index contributed by atoms with van der Waals surface area (Å²) in [5, 5.41) is 8.86. The Hall–Kier alpha value is -0.960. The minimum Gasteiger partial charge on any atom is -0.478 e. The normalized spacial score (nSPS) is 13.4. The Morgan fingerprint density at radius 1 is 1.45 bits per heavy atom. The molecule has 0 aromatic heterocycles. The van der Waals surface area contributed by atoms with E-state index in [9.17, 15) is 13.2 Å². The highest BCUT2D eigenvalue weighted by atomic mass is 79.9. The Bertz CT molecular complexity index is 601. The molecule has 112 valence electrons. The molecule has 0 aliphatic rings. The zero-order valence-electron chi connectivity index (χ0n) is 11.4. The van der Waals surface area contributed by atoms with Crippen molar-refractivity contribution >= 4 is 31.9 Å².